The number of rotatable bonds is 4. The Morgan fingerprint density at radius 1 is 1.35 bits per heavy atom. The van der Waals surface area contributed by atoms with Crippen LogP contribution in [0.4, 0.5) is 10.2 Å². The van der Waals surface area contributed by atoms with Crippen LogP contribution in [-0.2, 0) is 11.2 Å². The number of carbonyl (C=O) groups excluding carboxylic acids is 1. The summed E-state index contributed by atoms with van der Waals surface area (Å²) >= 11 is 6.02. The number of anilines is 1. The van der Waals surface area contributed by atoms with E-state index in [4.69, 9.17) is 11.6 Å². The van der Waals surface area contributed by atoms with Gasteiger partial charge in [-0.05, 0) is 68.1 Å². The third kappa shape index (κ3) is 4.86. The molecule has 0 bridgehead atoms. The Hall–Kier alpha value is -2.97. The van der Waals surface area contributed by atoms with Crippen LogP contribution < -0.4 is 10.6 Å². The average molecular weight is 444 g/mol. The molecule has 9 heteroatoms. The summed E-state index contributed by atoms with van der Waals surface area (Å²) in [5.74, 6) is -0.530. The van der Waals surface area contributed by atoms with Crippen molar-refractivity contribution in [2.75, 3.05) is 11.9 Å². The van der Waals surface area contributed by atoms with Crippen molar-refractivity contribution in [2.45, 2.75) is 38.2 Å². The lowest BCUT2D eigenvalue weighted by atomic mass is 10.0. The van der Waals surface area contributed by atoms with Gasteiger partial charge in [0.25, 0.3) is 0 Å². The Kier molecular flexibility index (Phi) is 5.68. The highest BCUT2D eigenvalue weighted by atomic mass is 35.5. The Balaban J connectivity index is 1.58. The molecule has 1 unspecified atom stereocenters. The summed E-state index contributed by atoms with van der Waals surface area (Å²) in [4.78, 5) is 17.4. The van der Waals surface area contributed by atoms with Crippen molar-refractivity contribution in [1.29, 1.82) is 0 Å². The summed E-state index contributed by atoms with van der Waals surface area (Å²) in [5.41, 5.74) is 1.32. The van der Waals surface area contributed by atoms with Crippen LogP contribution in [0, 0.1) is 5.82 Å². The van der Waals surface area contributed by atoms with Crippen LogP contribution in [0.15, 0.2) is 41.4 Å². The van der Waals surface area contributed by atoms with E-state index in [0.717, 1.165) is 16.5 Å². The molecule has 0 fully saturated rings. The zero-order valence-corrected chi connectivity index (χ0v) is 17.9. The zero-order valence-electron chi connectivity index (χ0n) is 17.2. The first-order valence-corrected chi connectivity index (χ1v) is 10.3. The van der Waals surface area contributed by atoms with Gasteiger partial charge >= 0.3 is 0 Å². The molecule has 1 aliphatic carbocycles. The van der Waals surface area contributed by atoms with E-state index in [0.29, 0.717) is 29.2 Å². The van der Waals surface area contributed by atoms with E-state index >= 15 is 0 Å². The van der Waals surface area contributed by atoms with Crippen LogP contribution in [-0.4, -0.2) is 39.3 Å². The third-order valence-electron chi connectivity index (χ3n) is 5.13. The maximum Gasteiger partial charge on any atom is 0.234 e. The van der Waals surface area contributed by atoms with Gasteiger partial charge in [-0.3, -0.25) is 15.2 Å². The number of hydrogen-bond acceptors (Lipinski definition) is 4. The van der Waals surface area contributed by atoms with E-state index in [1.54, 1.807) is 38.1 Å². The number of nitrogens with zero attached hydrogens (tertiary/aromatic N) is 2. The van der Waals surface area contributed by atoms with Crippen molar-refractivity contribution in [3.05, 3.63) is 58.4 Å². The number of amides is 1. The third-order valence-corrected chi connectivity index (χ3v) is 5.36. The van der Waals surface area contributed by atoms with Crippen LogP contribution in [0.3, 0.4) is 0 Å². The Morgan fingerprint density at radius 3 is 2.94 bits per heavy atom. The lowest BCUT2D eigenvalue weighted by Gasteiger charge is -2.18. The molecule has 1 heterocycles. The molecule has 2 aromatic carbocycles. The number of hydrogen-bond donors (Lipinski definition) is 4. The van der Waals surface area contributed by atoms with Crippen molar-refractivity contribution in [3.63, 3.8) is 0 Å². The molecule has 0 aliphatic heterocycles. The van der Waals surface area contributed by atoms with Gasteiger partial charge in [-0.1, -0.05) is 17.7 Å². The van der Waals surface area contributed by atoms with Gasteiger partial charge in [0.2, 0.25) is 11.9 Å². The van der Waals surface area contributed by atoms with Gasteiger partial charge in [0.05, 0.1) is 23.6 Å². The molecule has 0 saturated carbocycles. The van der Waals surface area contributed by atoms with Gasteiger partial charge in [-0.25, -0.2) is 9.38 Å². The highest BCUT2D eigenvalue weighted by Gasteiger charge is 2.30. The van der Waals surface area contributed by atoms with Gasteiger partial charge in [-0.15, -0.1) is 0 Å². The van der Waals surface area contributed by atoms with Crippen LogP contribution >= 0.6 is 11.6 Å². The van der Waals surface area contributed by atoms with Crippen molar-refractivity contribution < 1.29 is 14.3 Å². The van der Waals surface area contributed by atoms with Crippen LogP contribution in [0.2, 0.25) is 5.02 Å². The normalized spacial score (nSPS) is 16.4. The minimum atomic E-state index is -1.07. The Labute approximate surface area is 183 Å². The number of aromatic amines is 1. The molecule has 1 atom stereocenters. The van der Waals surface area contributed by atoms with Gasteiger partial charge in [-0.2, -0.15) is 5.10 Å². The van der Waals surface area contributed by atoms with Crippen molar-refractivity contribution in [1.82, 2.24) is 15.5 Å². The highest BCUT2D eigenvalue weighted by molar-refractivity contribution is 6.31. The SMILES string of the molecule is CC(C)(O)CN=C(NC(=O)C1CCc2ccc(F)cc21)Nc1n[nH]c2cc(Cl)ccc12. The minimum absolute atomic E-state index is 0.0552. The largest absolute Gasteiger partial charge is 0.389 e. The monoisotopic (exact) mass is 443 g/mol. The highest BCUT2D eigenvalue weighted by Crippen LogP contribution is 2.33. The van der Waals surface area contributed by atoms with Gasteiger partial charge < -0.3 is 10.4 Å². The van der Waals surface area contributed by atoms with E-state index in [1.807, 2.05) is 0 Å². The van der Waals surface area contributed by atoms with E-state index in [2.05, 4.69) is 25.8 Å². The molecule has 0 spiro atoms. The summed E-state index contributed by atoms with van der Waals surface area (Å²) in [6, 6.07) is 9.83. The fraction of sp³-hybridized carbons (Fsp3) is 0.318. The molecule has 0 saturated heterocycles. The number of nitrogens with one attached hydrogen (secondary N) is 3. The number of fused-ring (bicyclic) bond motifs is 2. The fourth-order valence-electron chi connectivity index (χ4n) is 3.63. The predicted molar refractivity (Wildman–Crippen MR) is 119 cm³/mol. The second-order valence-corrected chi connectivity index (χ2v) is 8.72. The van der Waals surface area contributed by atoms with E-state index < -0.39 is 11.5 Å². The number of halogens is 2. The zero-order chi connectivity index (χ0) is 22.2. The van der Waals surface area contributed by atoms with Crippen molar-refractivity contribution >= 4 is 40.2 Å². The first-order valence-electron chi connectivity index (χ1n) is 9.96. The molecule has 0 radical (unpaired) electrons. The van der Waals surface area contributed by atoms with Gasteiger partial charge in [0, 0.05) is 10.4 Å². The number of H-pyrrole nitrogens is 1. The molecule has 1 aliphatic rings. The smallest absolute Gasteiger partial charge is 0.234 e. The first-order chi connectivity index (χ1) is 14.7. The summed E-state index contributed by atoms with van der Waals surface area (Å²) in [5, 5.41) is 24.3. The molecule has 162 valence electrons. The van der Waals surface area contributed by atoms with E-state index in [-0.39, 0.29) is 24.2 Å². The number of benzene rings is 2. The van der Waals surface area contributed by atoms with Crippen molar-refractivity contribution in [2.24, 2.45) is 4.99 Å². The summed E-state index contributed by atoms with van der Waals surface area (Å²) in [7, 11) is 0. The topological polar surface area (TPSA) is 102 Å². The first kappa shape index (κ1) is 21.3. The lowest BCUT2D eigenvalue weighted by molar-refractivity contribution is -0.121. The molecule has 3 aromatic rings. The predicted octanol–water partition coefficient (Wildman–Crippen LogP) is 3.74. The van der Waals surface area contributed by atoms with Crippen LogP contribution in [0.1, 0.15) is 37.3 Å². The molecule has 1 aromatic heterocycles. The number of aliphatic hydroxyl groups is 1. The average Bonchev–Trinajstić information content (AvgIpc) is 3.29. The van der Waals surface area contributed by atoms with E-state index in [1.165, 1.54) is 12.1 Å². The molecular weight excluding hydrogens is 421 g/mol. The second kappa shape index (κ2) is 8.28. The quantitative estimate of drug-likeness (QED) is 0.364. The molecular formula is C22H23ClFN5O2. The number of aromatic nitrogens is 2. The molecule has 31 heavy (non-hydrogen) atoms. The summed E-state index contributed by atoms with van der Waals surface area (Å²) in [6.45, 7) is 3.30. The lowest BCUT2D eigenvalue weighted by Crippen LogP contribution is -2.40. The standard InChI is InChI=1S/C22H23ClFN5O2/c1-22(2,31)11-25-21(26-19-16-8-5-13(23)9-18(16)28-29-19)27-20(30)15-7-4-12-3-6-14(24)10-17(12)15/h3,5-6,8-10,15,31H,4,7,11H2,1-2H3,(H3,25,26,27,28,29,30). The minimum Gasteiger partial charge on any atom is -0.389 e. The maximum atomic E-state index is 13.7. The molecule has 7 nitrogen and oxygen atoms in total. The number of carbonyl (C=O) groups is 1. The summed E-state index contributed by atoms with van der Waals surface area (Å²) in [6.07, 6.45) is 1.30. The summed E-state index contributed by atoms with van der Waals surface area (Å²) < 4.78 is 13.7. The van der Waals surface area contributed by atoms with Crippen LogP contribution in [0.5, 0.6) is 0 Å². The maximum absolute atomic E-state index is 13.7. The van der Waals surface area contributed by atoms with Crippen LogP contribution in [0.25, 0.3) is 10.9 Å². The molecule has 4 N–H and O–H groups in total. The Bertz CT molecular complexity index is 1170. The molecule has 4 rings (SSSR count). The van der Waals surface area contributed by atoms with Gasteiger partial charge in [0.15, 0.2) is 5.82 Å². The molecule has 1 amide bonds. The van der Waals surface area contributed by atoms with E-state index in [9.17, 15) is 14.3 Å². The fourth-order valence-corrected chi connectivity index (χ4v) is 3.80. The Morgan fingerprint density at radius 2 is 2.16 bits per heavy atom. The number of guanidine groups is 1. The second-order valence-electron chi connectivity index (χ2n) is 8.29. The van der Waals surface area contributed by atoms with Crippen molar-refractivity contribution in [3.8, 4) is 0 Å². The number of aryl methyl sites for hydroxylation is 1. The van der Waals surface area contributed by atoms with Gasteiger partial charge in [0.1, 0.15) is 5.82 Å². The number of aliphatic imine (C=N–C) groups is 1.